The number of nitrogens with one attached hydrogen (secondary N) is 3. The Morgan fingerprint density at radius 1 is 0.324 bits per heavy atom. The molecule has 0 aromatic carbocycles. The van der Waals surface area contributed by atoms with Gasteiger partial charge >= 0.3 is 35.8 Å². The van der Waals surface area contributed by atoms with Crippen molar-refractivity contribution in [3.63, 3.8) is 0 Å². The molecular weight excluding hydrogens is 1400 g/mol. The van der Waals surface area contributed by atoms with E-state index >= 15 is 0 Å². The summed E-state index contributed by atoms with van der Waals surface area (Å²) in [6.45, 7) is 7.96. The minimum atomic E-state index is -1.48. The highest BCUT2D eigenvalue weighted by molar-refractivity contribution is 7.99. The maximum atomic E-state index is 13.9. The first kappa shape index (κ1) is 110. The second kappa shape index (κ2) is 84.7. The number of rotatable bonds is 75. The lowest BCUT2D eigenvalue weighted by Gasteiger charge is -2.24. The van der Waals surface area contributed by atoms with Crippen LogP contribution in [-0.4, -0.2) is 172 Å². The first-order chi connectivity index (χ1) is 52.1. The number of aliphatic hydroxyl groups is 1. The second-order valence-electron chi connectivity index (χ2n) is 29.0. The van der Waals surface area contributed by atoms with E-state index in [-0.39, 0.29) is 61.6 Å². The van der Waals surface area contributed by atoms with Crippen LogP contribution in [0.4, 0.5) is 0 Å². The largest absolute Gasteiger partial charge is 0.480 e. The van der Waals surface area contributed by atoms with Crippen molar-refractivity contribution in [3.05, 3.63) is 0 Å². The second-order valence-corrected chi connectivity index (χ2v) is 30.1. The molecule has 0 aliphatic rings. The first-order valence-corrected chi connectivity index (χ1v) is 43.6. The normalized spacial score (nSPS) is 12.9. The van der Waals surface area contributed by atoms with Crippen molar-refractivity contribution in [1.82, 2.24) is 16.0 Å². The van der Waals surface area contributed by atoms with Crippen LogP contribution in [0, 0.1) is 0 Å². The molecule has 0 rings (SSSR count). The molecular formula is C81H162N10O16S. The molecule has 0 fully saturated rings. The fraction of sp³-hybridized carbons (Fsp3) is 0.889. The fourth-order valence-corrected chi connectivity index (χ4v) is 12.7. The highest BCUT2D eigenvalue weighted by Crippen LogP contribution is 2.19. The van der Waals surface area contributed by atoms with Gasteiger partial charge in [0, 0.05) is 30.8 Å². The van der Waals surface area contributed by atoms with Crippen molar-refractivity contribution in [2.45, 2.75) is 410 Å². The molecule has 638 valence electrons. The SMILES string of the molecule is CCCCCCCCCCCCCCCC(=O)N[C@@H](CSC[C@@H](COC(=O)CCCCCCCCCCCCCCC)OC(=O)CCCCCCCCCCCCCCC)C(=O)N[C@@H](CO)C(=O)N[C@@H](CCCCN)C(=O)O.NCCCC[C@H](N)C(=O)O.NCCCC[C@H](N)C(=O)O.NCCCC[C@H](N)C(=O)O. The van der Waals surface area contributed by atoms with Crippen LogP contribution in [0.5, 0.6) is 0 Å². The van der Waals surface area contributed by atoms with Crippen LogP contribution in [0.3, 0.4) is 0 Å². The lowest BCUT2D eigenvalue weighted by molar-refractivity contribution is -0.157. The Hall–Kier alpha value is -4.74. The summed E-state index contributed by atoms with van der Waals surface area (Å²) in [5, 5.41) is 52.7. The number of carboxylic acid groups (broad SMARTS) is 4. The number of hydrogen-bond acceptors (Lipinski definition) is 20. The van der Waals surface area contributed by atoms with E-state index in [2.05, 4.69) is 36.7 Å². The Morgan fingerprint density at radius 2 is 0.611 bits per heavy atom. The van der Waals surface area contributed by atoms with E-state index in [1.165, 1.54) is 185 Å². The molecule has 0 unspecified atom stereocenters. The van der Waals surface area contributed by atoms with Crippen LogP contribution in [0.25, 0.3) is 0 Å². The number of amides is 3. The summed E-state index contributed by atoms with van der Waals surface area (Å²) in [7, 11) is 0. The van der Waals surface area contributed by atoms with Gasteiger partial charge in [0.1, 0.15) is 49.0 Å². The number of aliphatic hydroxyl groups excluding tert-OH is 1. The topological polar surface area (TPSA) is 491 Å². The Balaban J connectivity index is -0.00000148. The zero-order chi connectivity index (χ0) is 81.3. The molecule has 0 heterocycles. The number of aliphatic carboxylic acids is 4. The number of carbonyl (C=O) groups excluding carboxylic acids is 5. The third-order valence-corrected chi connectivity index (χ3v) is 19.9. The molecule has 108 heavy (non-hydrogen) atoms. The monoisotopic (exact) mass is 1560 g/mol. The van der Waals surface area contributed by atoms with Crippen molar-refractivity contribution in [2.75, 3.05) is 50.9 Å². The third kappa shape index (κ3) is 79.3. The van der Waals surface area contributed by atoms with Crippen molar-refractivity contribution >= 4 is 65.3 Å². The number of hydrogen-bond donors (Lipinski definition) is 15. The Kier molecular flexibility index (Phi) is 86.0. The van der Waals surface area contributed by atoms with Gasteiger partial charge in [-0.1, -0.05) is 271 Å². The van der Waals surface area contributed by atoms with E-state index in [0.29, 0.717) is 71.1 Å². The van der Waals surface area contributed by atoms with Gasteiger partial charge < -0.3 is 91.1 Å². The molecule has 0 saturated carbocycles. The number of nitrogens with two attached hydrogens (primary N) is 7. The number of esters is 2. The molecule has 0 aliphatic heterocycles. The lowest BCUT2D eigenvalue weighted by Crippen LogP contribution is -2.57. The van der Waals surface area contributed by atoms with E-state index in [0.717, 1.165) is 103 Å². The minimum absolute atomic E-state index is 0.0204. The van der Waals surface area contributed by atoms with Gasteiger partial charge in [0.2, 0.25) is 17.7 Å². The average molecular weight is 1560 g/mol. The number of carbonyl (C=O) groups is 9. The van der Waals surface area contributed by atoms with Gasteiger partial charge in [-0.2, -0.15) is 11.8 Å². The number of unbranched alkanes of at least 4 members (excludes halogenated alkanes) is 40. The molecule has 27 heteroatoms. The molecule has 0 radical (unpaired) electrons. The zero-order valence-corrected chi connectivity index (χ0v) is 68.9. The first-order valence-electron chi connectivity index (χ1n) is 42.5. The van der Waals surface area contributed by atoms with Crippen molar-refractivity contribution in [1.29, 1.82) is 0 Å². The van der Waals surface area contributed by atoms with E-state index in [9.17, 15) is 53.4 Å². The predicted octanol–water partition coefficient (Wildman–Crippen LogP) is 12.9. The molecule has 0 aromatic rings. The number of carboxylic acids is 4. The molecule has 0 aromatic heterocycles. The quantitative estimate of drug-likeness (QED) is 0.0199. The molecule has 26 nitrogen and oxygen atoms in total. The van der Waals surface area contributed by atoms with Gasteiger partial charge in [-0.05, 0) is 103 Å². The Labute approximate surface area is 657 Å². The maximum Gasteiger partial charge on any atom is 0.326 e. The van der Waals surface area contributed by atoms with Crippen molar-refractivity contribution < 1.29 is 78.2 Å². The number of thioether (sulfide) groups is 1. The van der Waals surface area contributed by atoms with E-state index in [4.69, 9.17) is 64.9 Å². The average Bonchev–Trinajstić information content (AvgIpc) is 0.876. The third-order valence-electron chi connectivity index (χ3n) is 18.7. The van der Waals surface area contributed by atoms with Gasteiger partial charge in [-0.3, -0.25) is 38.4 Å². The minimum Gasteiger partial charge on any atom is -0.480 e. The van der Waals surface area contributed by atoms with Gasteiger partial charge in [0.05, 0.1) is 6.61 Å². The number of ether oxygens (including phenoxy) is 2. The van der Waals surface area contributed by atoms with Crippen LogP contribution in [0.1, 0.15) is 367 Å². The molecule has 3 amide bonds. The molecule has 0 saturated heterocycles. The summed E-state index contributed by atoms with van der Waals surface area (Å²) in [5.74, 6) is -6.52. The van der Waals surface area contributed by atoms with E-state index in [1.54, 1.807) is 0 Å². The van der Waals surface area contributed by atoms with Gasteiger partial charge in [-0.25, -0.2) is 4.79 Å². The zero-order valence-electron chi connectivity index (χ0n) is 68.1. The Morgan fingerprint density at radius 3 is 0.917 bits per heavy atom. The predicted molar refractivity (Wildman–Crippen MR) is 438 cm³/mol. The van der Waals surface area contributed by atoms with Gasteiger partial charge in [0.25, 0.3) is 0 Å². The molecule has 22 N–H and O–H groups in total. The van der Waals surface area contributed by atoms with Crippen LogP contribution in [-0.2, 0) is 52.6 Å². The molecule has 0 bridgehead atoms. The lowest BCUT2D eigenvalue weighted by atomic mass is 10.0. The Bertz CT molecular complexity index is 2070. The summed E-state index contributed by atoms with van der Waals surface area (Å²) in [4.78, 5) is 109. The van der Waals surface area contributed by atoms with E-state index in [1.807, 2.05) is 0 Å². The molecule has 7 atom stereocenters. The van der Waals surface area contributed by atoms with Crippen LogP contribution in [0.15, 0.2) is 0 Å². The summed E-state index contributed by atoms with van der Waals surface area (Å²) in [6, 6.07) is -6.02. The maximum absolute atomic E-state index is 13.9. The highest BCUT2D eigenvalue weighted by atomic mass is 32.2. The van der Waals surface area contributed by atoms with Crippen molar-refractivity contribution in [3.8, 4) is 0 Å². The summed E-state index contributed by atoms with van der Waals surface area (Å²) < 4.78 is 11.6. The summed E-state index contributed by atoms with van der Waals surface area (Å²) >= 11 is 1.24. The van der Waals surface area contributed by atoms with E-state index < -0.39 is 84.7 Å². The standard InChI is InChI=1S/C63H120N4O10S.3C6H14N2O2/c1-4-7-10-13-16-19-22-25-28-31-34-37-40-46-58(69)65-57(62(73)67-56(50-68)61(72)66-55(63(74)75)45-43-44-49-64)53-78-52-54(77-60(71)48-42-39-36-33-30-27-24-21-18-15-12-9-6-3)51-76-59(70)47-41-38-35-32-29-26-23-20-17-14-11-8-5-2;3*7-4-2-1-3-5(8)6(9)10/h54-57,68H,4-53,64H2,1-3H3,(H,65,69)(H,66,72)(H,67,73)(H,74,75);3*5H,1-4,7-8H2,(H,9,10)/t54-,55+,56+,57+;3*5-/m1000/s1. The highest BCUT2D eigenvalue weighted by Gasteiger charge is 2.30. The van der Waals surface area contributed by atoms with Crippen LogP contribution in [0.2, 0.25) is 0 Å². The molecule has 0 spiro atoms. The summed E-state index contributed by atoms with van der Waals surface area (Å²) in [5.41, 5.74) is 36.8. The van der Waals surface area contributed by atoms with Crippen LogP contribution >= 0.6 is 11.8 Å². The van der Waals surface area contributed by atoms with Gasteiger partial charge in [-0.15, -0.1) is 0 Å². The molecule has 0 aliphatic carbocycles. The van der Waals surface area contributed by atoms with Gasteiger partial charge in [0.15, 0.2) is 0 Å². The van der Waals surface area contributed by atoms with Crippen molar-refractivity contribution in [2.24, 2.45) is 40.1 Å². The van der Waals surface area contributed by atoms with Crippen LogP contribution < -0.4 is 56.1 Å². The summed E-state index contributed by atoms with van der Waals surface area (Å²) in [6.07, 6.45) is 53.8. The smallest absolute Gasteiger partial charge is 0.326 e. The fourth-order valence-electron chi connectivity index (χ4n) is 11.6.